The van der Waals surface area contributed by atoms with E-state index in [-0.39, 0.29) is 17.9 Å². The van der Waals surface area contributed by atoms with Crippen LogP contribution in [0, 0.1) is 52.8 Å². The molecule has 8 aliphatic heterocycles. The maximum Gasteiger partial charge on any atom is 0.227 e. The average molecular weight is 1620 g/mol. The summed E-state index contributed by atoms with van der Waals surface area (Å²) in [5.41, 5.74) is 17.9. The maximum absolute atomic E-state index is 13.3. The molecule has 20 heterocycles. The van der Waals surface area contributed by atoms with Gasteiger partial charge in [0, 0.05) is 165 Å². The normalized spacial score (nSPS) is 24.6. The molecular weight excluding hydrogens is 1510 g/mol. The van der Waals surface area contributed by atoms with Crippen molar-refractivity contribution in [1.82, 2.24) is 98.6 Å². The molecule has 121 heavy (non-hydrogen) atoms. The van der Waals surface area contributed by atoms with Gasteiger partial charge in [-0.3, -0.25) is 39.6 Å². The minimum absolute atomic E-state index is 0.0878. The number of aromatic nitrogens is 16. The second kappa shape index (κ2) is 33.7. The number of hydrogen-bond donors (Lipinski definition) is 4. The van der Waals surface area contributed by atoms with Crippen molar-refractivity contribution in [3.8, 4) is 51.1 Å². The van der Waals surface area contributed by atoms with Gasteiger partial charge in [0.05, 0.1) is 110 Å². The molecule has 12 atom stereocenters. The number of nitrogens with zero attached hydrogens (tertiary/aromatic N) is 17. The number of hydrogen-bond acceptors (Lipinski definition) is 13. The molecule has 13 aromatic rings. The van der Waals surface area contributed by atoms with Crippen molar-refractivity contribution in [2.75, 3.05) is 0 Å². The van der Waals surface area contributed by atoms with E-state index >= 15 is 0 Å². The van der Waals surface area contributed by atoms with E-state index in [1.165, 1.54) is 94.5 Å². The Morgan fingerprint density at radius 2 is 0.777 bits per heavy atom. The summed E-state index contributed by atoms with van der Waals surface area (Å²) in [6.07, 6.45) is 50.5. The van der Waals surface area contributed by atoms with E-state index in [4.69, 9.17) is 25.2 Å². The highest BCUT2D eigenvalue weighted by molar-refractivity contribution is 5.85. The molecule has 4 N–H and O–H groups in total. The van der Waals surface area contributed by atoms with Crippen LogP contribution in [0.15, 0.2) is 171 Å². The fourth-order valence-electron chi connectivity index (χ4n) is 23.5. The lowest BCUT2D eigenvalue weighted by molar-refractivity contribution is -0.138. The molecule has 1 aromatic carbocycles. The van der Waals surface area contributed by atoms with Gasteiger partial charge < -0.3 is 37.9 Å². The lowest BCUT2D eigenvalue weighted by atomic mass is 9.86. The highest BCUT2D eigenvalue weighted by Gasteiger charge is 2.53. The molecule has 8 bridgehead atoms. The molecule has 12 unspecified atom stereocenters. The molecular formula is C96H109N21O4. The number of nitriles is 1. The molecule has 10 aliphatic rings. The first-order valence-electron chi connectivity index (χ1n) is 44.9. The quantitative estimate of drug-likeness (QED) is 0.0622. The standard InChI is InChI=1S/C26H24N6O.C25H31N5O.C24H29N5O.C21H25N5O/c27-13-18-3-1-2-17(10-18)11-26(33)32-21-4-6-24(32)19(12-21)16-31-9-8-23-25(31)7-5-22(30-23)20-14-28-29-15-20;31-25(12-17-4-2-1-3-5-17)30-20-6-8-23(30)18(13-20)16-29-11-10-22-24(29)9-7-21(28-22)19-14-26-27-15-19;30-24(16-4-2-1-3-5-16)29-19-6-8-22(29)17(12-19)15-28-11-10-21-23(28)9-7-20(27-21)18-13-25-26-14-18;1-13(2)21(27)26-16-3-5-19(26)14(9-16)12-25-8-7-18-20(25)6-4-17(24-18)15-10-22-23-11-15/h1-3,5,7-10,14-15,19,21,24H,4,6,11-12,16H2,(H,28,29);7,9-11,14-15,17-18,20,23H,1-6,8,12-13,16H2,(H,26,27);7,9-11,13-14,16-17,19,22H,1-6,8,12,15H2,(H,25,26);4,6-8,10-11,13-14,16,19H,3,5,9,12H2,1-2H3,(H,22,23). The Kier molecular flexibility index (Phi) is 21.6. The minimum Gasteiger partial charge on any atom is -0.346 e. The van der Waals surface area contributed by atoms with E-state index in [1.54, 1.807) is 30.9 Å². The summed E-state index contributed by atoms with van der Waals surface area (Å²) in [7, 11) is 0. The Morgan fingerprint density at radius 3 is 1.16 bits per heavy atom. The smallest absolute Gasteiger partial charge is 0.227 e. The largest absolute Gasteiger partial charge is 0.346 e. The van der Waals surface area contributed by atoms with Gasteiger partial charge in [-0.2, -0.15) is 25.7 Å². The molecule has 2 saturated carbocycles. The lowest BCUT2D eigenvalue weighted by Gasteiger charge is -2.30. The molecule has 622 valence electrons. The van der Waals surface area contributed by atoms with Gasteiger partial charge in [0.1, 0.15) is 0 Å². The summed E-state index contributed by atoms with van der Waals surface area (Å²) in [5, 5.41) is 36.6. The lowest BCUT2D eigenvalue weighted by Crippen LogP contribution is -2.41. The van der Waals surface area contributed by atoms with Crippen molar-refractivity contribution in [3.63, 3.8) is 0 Å². The van der Waals surface area contributed by atoms with Gasteiger partial charge >= 0.3 is 0 Å². The third kappa shape index (κ3) is 15.5. The molecule has 0 spiro atoms. The number of fused-ring (bicyclic) bond motifs is 12. The van der Waals surface area contributed by atoms with Gasteiger partial charge in [-0.05, 0) is 223 Å². The summed E-state index contributed by atoms with van der Waals surface area (Å²) in [6, 6.07) is 38.0. The summed E-state index contributed by atoms with van der Waals surface area (Å²) >= 11 is 0. The Labute approximate surface area is 704 Å². The van der Waals surface area contributed by atoms with E-state index in [9.17, 15) is 19.2 Å². The van der Waals surface area contributed by atoms with Crippen LogP contribution in [0.3, 0.4) is 0 Å². The van der Waals surface area contributed by atoms with E-state index in [1.807, 2.05) is 62.9 Å². The van der Waals surface area contributed by atoms with Crippen LogP contribution in [0.1, 0.15) is 173 Å². The molecule has 25 nitrogen and oxygen atoms in total. The Morgan fingerprint density at radius 1 is 0.413 bits per heavy atom. The number of carbonyl (C=O) groups excluding carboxylic acids is 4. The first-order valence-corrected chi connectivity index (χ1v) is 44.9. The fourth-order valence-corrected chi connectivity index (χ4v) is 23.5. The minimum atomic E-state index is 0.0878. The van der Waals surface area contributed by atoms with Gasteiger partial charge in [0.25, 0.3) is 0 Å². The van der Waals surface area contributed by atoms with E-state index in [0.29, 0.717) is 108 Å². The highest BCUT2D eigenvalue weighted by atomic mass is 16.2. The predicted octanol–water partition coefficient (Wildman–Crippen LogP) is 16.5. The summed E-state index contributed by atoms with van der Waals surface area (Å²) in [4.78, 5) is 80.5. The third-order valence-electron chi connectivity index (χ3n) is 29.2. The molecule has 8 saturated heterocycles. The van der Waals surface area contributed by atoms with E-state index < -0.39 is 0 Å². The fraction of sp³-hybridized carbons (Fsp3) is 0.469. The Hall–Kier alpha value is -11.8. The van der Waals surface area contributed by atoms with Crippen LogP contribution < -0.4 is 0 Å². The Bertz CT molecular complexity index is 5880. The third-order valence-corrected chi connectivity index (χ3v) is 29.2. The summed E-state index contributed by atoms with van der Waals surface area (Å²) in [5.74, 6) is 4.51. The number of nitrogens with one attached hydrogen (secondary N) is 4. The van der Waals surface area contributed by atoms with Crippen molar-refractivity contribution >= 4 is 67.8 Å². The number of amides is 4. The molecule has 4 amide bonds. The maximum atomic E-state index is 13.3. The van der Waals surface area contributed by atoms with Gasteiger partial charge in [-0.1, -0.05) is 64.5 Å². The zero-order valence-electron chi connectivity index (χ0n) is 69.4. The molecule has 12 aromatic heterocycles. The molecule has 0 radical (unpaired) electrons. The summed E-state index contributed by atoms with van der Waals surface area (Å²) in [6.45, 7) is 7.83. The SMILES string of the molecule is CC(C)C(=O)N1C2CCC1C(Cn1ccc3nc(-c4cn[nH]c4)ccc31)C2.N#Cc1cccc(CC(=O)N2C3CCC2C(Cn2ccc4nc(-c5cn[nH]c5)ccc42)C3)c1.O=C(C1CCCCC1)N1C2CCC1C(Cn1ccc3nc(-c4cn[nH]c4)ccc31)C2.O=C(CC1CCCCC1)N1C2CCC1C(Cn1ccc3nc(-c4cn[nH]c4)ccc31)C2. The summed E-state index contributed by atoms with van der Waals surface area (Å²) < 4.78 is 9.28. The molecule has 2 aliphatic carbocycles. The van der Waals surface area contributed by atoms with Gasteiger partial charge in [-0.25, -0.2) is 19.9 Å². The van der Waals surface area contributed by atoms with E-state index in [0.717, 1.165) is 174 Å². The van der Waals surface area contributed by atoms with Crippen LogP contribution in [0.4, 0.5) is 0 Å². The van der Waals surface area contributed by atoms with Crippen LogP contribution >= 0.6 is 0 Å². The molecule has 10 fully saturated rings. The first kappa shape index (κ1) is 77.8. The average Bonchev–Trinajstić information content (AvgIpc) is 1.62. The zero-order valence-corrected chi connectivity index (χ0v) is 69.4. The van der Waals surface area contributed by atoms with Gasteiger partial charge in [0.15, 0.2) is 0 Å². The highest BCUT2D eigenvalue weighted by Crippen LogP contribution is 2.49. The van der Waals surface area contributed by atoms with Crippen molar-refractivity contribution in [2.45, 2.75) is 242 Å². The van der Waals surface area contributed by atoms with Crippen molar-refractivity contribution < 1.29 is 19.2 Å². The van der Waals surface area contributed by atoms with Crippen molar-refractivity contribution in [1.29, 1.82) is 5.26 Å². The topological polar surface area (TPSA) is 291 Å². The number of pyridine rings is 4. The van der Waals surface area contributed by atoms with Gasteiger partial charge in [0.2, 0.25) is 23.6 Å². The second-order valence-electron chi connectivity index (χ2n) is 36.7. The first-order chi connectivity index (χ1) is 59.3. The van der Waals surface area contributed by atoms with Crippen LogP contribution in [0.25, 0.3) is 89.2 Å². The van der Waals surface area contributed by atoms with Crippen molar-refractivity contribution in [2.24, 2.45) is 41.4 Å². The van der Waals surface area contributed by atoms with Crippen LogP contribution in [-0.2, 0) is 51.8 Å². The predicted molar refractivity (Wildman–Crippen MR) is 464 cm³/mol. The van der Waals surface area contributed by atoms with Gasteiger partial charge in [-0.15, -0.1) is 0 Å². The molecule has 25 heteroatoms. The Balaban J connectivity index is 0.000000103. The number of rotatable bonds is 18. The van der Waals surface area contributed by atoms with Crippen LogP contribution in [0.5, 0.6) is 0 Å². The zero-order chi connectivity index (χ0) is 81.8. The number of aromatic amines is 4. The monoisotopic (exact) mass is 1620 g/mol. The number of carbonyl (C=O) groups is 4. The van der Waals surface area contributed by atoms with Crippen LogP contribution in [0.2, 0.25) is 0 Å². The van der Waals surface area contributed by atoms with Crippen LogP contribution in [-0.4, -0.2) is 171 Å². The molecule has 23 rings (SSSR count). The van der Waals surface area contributed by atoms with E-state index in [2.05, 4.69) is 176 Å². The number of benzene rings is 1. The second-order valence-corrected chi connectivity index (χ2v) is 36.7. The van der Waals surface area contributed by atoms with Crippen molar-refractivity contribution in [3.05, 3.63) is 183 Å². The number of H-pyrrole nitrogens is 4.